The predicted octanol–water partition coefficient (Wildman–Crippen LogP) is 3.53. The van der Waals surface area contributed by atoms with Gasteiger partial charge in [-0.25, -0.2) is 0 Å². The summed E-state index contributed by atoms with van der Waals surface area (Å²) in [7, 11) is -2.22. The summed E-state index contributed by atoms with van der Waals surface area (Å²) in [6.45, 7) is 3.63. The third-order valence-electron chi connectivity index (χ3n) is 0.695. The molecule has 0 spiro atoms. The SMILES string of the molecule is C.C.C.C.[3H]CO[Si](C)(C)OC[3H]. The zero-order valence-corrected chi connectivity index (χ0v) is 5.73. The minimum Gasteiger partial charge on any atom is -0.398 e. The second kappa shape index (κ2) is 12.8. The molecule has 0 bridgehead atoms. The van der Waals surface area contributed by atoms with Crippen LogP contribution in [0.5, 0.6) is 0 Å². The first-order chi connectivity index (χ1) is 4.12. The van der Waals surface area contributed by atoms with Gasteiger partial charge < -0.3 is 8.85 Å². The van der Waals surface area contributed by atoms with Crippen LogP contribution in [0.3, 0.4) is 0 Å². The van der Waals surface area contributed by atoms with Gasteiger partial charge in [0, 0.05) is 14.2 Å². The molecule has 76 valence electrons. The van der Waals surface area contributed by atoms with Crippen LogP contribution >= 0.6 is 0 Å². The van der Waals surface area contributed by atoms with Crippen LogP contribution in [0.2, 0.25) is 13.1 Å². The Balaban J connectivity index is -0.0000000533. The highest BCUT2D eigenvalue weighted by atomic mass is 28.4. The molecule has 11 heavy (non-hydrogen) atoms. The van der Waals surface area contributed by atoms with Crippen molar-refractivity contribution in [3.05, 3.63) is 0 Å². The highest BCUT2D eigenvalue weighted by Gasteiger charge is 2.19. The van der Waals surface area contributed by atoms with Gasteiger partial charge in [-0.1, -0.05) is 29.7 Å². The van der Waals surface area contributed by atoms with Crippen molar-refractivity contribution in [3.63, 3.8) is 0 Å². The molecule has 0 aliphatic rings. The van der Waals surface area contributed by atoms with E-state index in [-0.39, 0.29) is 43.9 Å². The normalized spacial score (nSPS) is 10.0. The van der Waals surface area contributed by atoms with Crippen LogP contribution in [0.25, 0.3) is 0 Å². The maximum Gasteiger partial charge on any atom is 0.331 e. The Kier molecular flexibility index (Phi) is 20.1. The Morgan fingerprint density at radius 1 is 0.909 bits per heavy atom. The summed E-state index contributed by atoms with van der Waals surface area (Å²) in [4.78, 5) is 0. The summed E-state index contributed by atoms with van der Waals surface area (Å²) in [6, 6.07) is 0. The van der Waals surface area contributed by atoms with E-state index in [4.69, 9.17) is 11.6 Å². The lowest BCUT2D eigenvalue weighted by Gasteiger charge is -2.15. The summed E-state index contributed by atoms with van der Waals surface area (Å²) >= 11 is 0. The van der Waals surface area contributed by atoms with Gasteiger partial charge >= 0.3 is 8.56 Å². The minimum absolute atomic E-state index is 0. The molecule has 0 aliphatic heterocycles. The van der Waals surface area contributed by atoms with E-state index in [9.17, 15) is 0 Å². The second-order valence-corrected chi connectivity index (χ2v) is 5.07. The molecule has 0 rings (SSSR count). The molecule has 0 aromatic heterocycles. The molecule has 0 fully saturated rings. The van der Waals surface area contributed by atoms with Gasteiger partial charge in [-0.15, -0.1) is 0 Å². The van der Waals surface area contributed by atoms with Crippen molar-refractivity contribution in [2.75, 3.05) is 14.2 Å². The van der Waals surface area contributed by atoms with E-state index in [2.05, 4.69) is 0 Å². The maximum atomic E-state index is 6.71. The van der Waals surface area contributed by atoms with Crippen LogP contribution in [0.15, 0.2) is 0 Å². The van der Waals surface area contributed by atoms with Crippen LogP contribution in [-0.4, -0.2) is 22.7 Å². The quantitative estimate of drug-likeness (QED) is 0.617. The van der Waals surface area contributed by atoms with Gasteiger partial charge in [-0.05, 0) is 13.1 Å². The first kappa shape index (κ1) is 17.3. The van der Waals surface area contributed by atoms with Crippen molar-refractivity contribution in [2.45, 2.75) is 42.8 Å². The zero-order valence-electron chi connectivity index (χ0n) is 6.73. The van der Waals surface area contributed by atoms with Gasteiger partial charge in [-0.2, -0.15) is 0 Å². The molecule has 0 heterocycles. The number of hydrogen-bond donors (Lipinski definition) is 0. The van der Waals surface area contributed by atoms with Crippen LogP contribution < -0.4 is 0 Å². The molecular formula is C8H28O2Si. The lowest BCUT2D eigenvalue weighted by Crippen LogP contribution is -2.31. The predicted molar refractivity (Wildman–Crippen MR) is 58.4 cm³/mol. The van der Waals surface area contributed by atoms with Crippen LogP contribution in [0.1, 0.15) is 32.4 Å². The fourth-order valence-electron chi connectivity index (χ4n) is 0.0417. The highest BCUT2D eigenvalue weighted by Crippen LogP contribution is 1.99. The number of hydrogen-bond acceptors (Lipinski definition) is 2. The molecule has 0 unspecified atom stereocenters. The lowest BCUT2D eigenvalue weighted by molar-refractivity contribution is 0.258. The fraction of sp³-hybridized carbons (Fsp3) is 1.00. The van der Waals surface area contributed by atoms with E-state index < -0.39 is 8.56 Å². The van der Waals surface area contributed by atoms with Crippen molar-refractivity contribution < 1.29 is 11.6 Å². The Morgan fingerprint density at radius 3 is 1.36 bits per heavy atom. The van der Waals surface area contributed by atoms with E-state index in [0.717, 1.165) is 0 Å². The molecule has 0 amide bonds. The molecule has 0 radical (unpaired) electrons. The smallest absolute Gasteiger partial charge is 0.331 e. The second-order valence-electron chi connectivity index (χ2n) is 1.69. The molecule has 0 aliphatic carbocycles. The lowest BCUT2D eigenvalue weighted by atomic mass is 11.8. The van der Waals surface area contributed by atoms with E-state index in [1.807, 2.05) is 13.1 Å². The van der Waals surface area contributed by atoms with Crippen LogP contribution in [0.4, 0.5) is 0 Å². The Hall–Kier alpha value is 0.137. The number of rotatable bonds is 2. The largest absolute Gasteiger partial charge is 0.398 e. The van der Waals surface area contributed by atoms with E-state index in [1.165, 1.54) is 0 Å². The van der Waals surface area contributed by atoms with E-state index >= 15 is 0 Å². The van der Waals surface area contributed by atoms with Crippen molar-refractivity contribution in [3.8, 4) is 0 Å². The molecule has 0 saturated heterocycles. The van der Waals surface area contributed by atoms with Gasteiger partial charge in [-0.3, -0.25) is 0 Å². The molecular weight excluding hydrogens is 156 g/mol. The highest BCUT2D eigenvalue weighted by molar-refractivity contribution is 6.64. The summed E-state index contributed by atoms with van der Waals surface area (Å²) < 4.78 is 23.3. The average Bonchev–Trinajstić information content (AvgIpc) is 1.64. The summed E-state index contributed by atoms with van der Waals surface area (Å²) in [5, 5.41) is 0. The van der Waals surface area contributed by atoms with Gasteiger partial charge in [0.15, 0.2) is 0 Å². The Labute approximate surface area is 78.0 Å². The third kappa shape index (κ3) is 17.8. The van der Waals surface area contributed by atoms with Crippen molar-refractivity contribution in [1.29, 1.82) is 0 Å². The summed E-state index contributed by atoms with van der Waals surface area (Å²) in [6.07, 6.45) is 0. The van der Waals surface area contributed by atoms with E-state index in [0.29, 0.717) is 0 Å². The molecule has 0 N–H and O–H groups in total. The third-order valence-corrected chi connectivity index (χ3v) is 2.09. The van der Waals surface area contributed by atoms with Crippen molar-refractivity contribution in [2.24, 2.45) is 0 Å². The fourth-order valence-corrected chi connectivity index (χ4v) is 0.125. The maximum absolute atomic E-state index is 6.71. The van der Waals surface area contributed by atoms with Crippen LogP contribution in [-0.2, 0) is 8.85 Å². The van der Waals surface area contributed by atoms with Gasteiger partial charge in [0.2, 0.25) is 0 Å². The van der Waals surface area contributed by atoms with Gasteiger partial charge in [0.25, 0.3) is 0 Å². The molecule has 3 heteroatoms. The molecule has 0 saturated carbocycles. The minimum atomic E-state index is -2.08. The van der Waals surface area contributed by atoms with E-state index in [1.54, 1.807) is 0 Å². The summed E-state index contributed by atoms with van der Waals surface area (Å²) in [5.74, 6) is 0. The first-order valence-corrected chi connectivity index (χ1v) is 4.80. The van der Waals surface area contributed by atoms with Gasteiger partial charge in [0.1, 0.15) is 0 Å². The van der Waals surface area contributed by atoms with Gasteiger partial charge in [0.05, 0.1) is 2.74 Å². The monoisotopic (exact) mass is 188 g/mol. The zero-order chi connectivity index (χ0) is 7.33. The average molecular weight is 188 g/mol. The standard InChI is InChI=1S/C4H12O2Si.4CH4/c1-5-7(3,4)6-2;;;;/h1-4H3;4*1H4/i1T,2T;;;;. The topological polar surface area (TPSA) is 18.5 Å². The van der Waals surface area contributed by atoms with Crippen molar-refractivity contribution in [1.82, 2.24) is 0 Å². The molecule has 0 atom stereocenters. The molecule has 2 nitrogen and oxygen atoms in total. The summed E-state index contributed by atoms with van der Waals surface area (Å²) in [5.41, 5.74) is 0. The molecule has 0 aromatic rings. The Bertz CT molecular complexity index is 74.5. The first-order valence-electron chi connectivity index (χ1n) is 3.40. The molecule has 0 aromatic carbocycles. The Morgan fingerprint density at radius 2 is 1.18 bits per heavy atom. The van der Waals surface area contributed by atoms with Crippen LogP contribution in [0, 0.1) is 0 Å². The van der Waals surface area contributed by atoms with Crippen molar-refractivity contribution >= 4 is 8.56 Å².